The lowest BCUT2D eigenvalue weighted by molar-refractivity contribution is 0.206. The number of benzene rings is 1. The van der Waals surface area contributed by atoms with E-state index in [2.05, 4.69) is 21.2 Å². The van der Waals surface area contributed by atoms with Crippen LogP contribution in [0, 0.1) is 0 Å². The molecule has 0 aliphatic heterocycles. The van der Waals surface area contributed by atoms with Gasteiger partial charge in [-0.05, 0) is 27.6 Å². The standard InChI is InChI=1S/C14H15BrN2OS/c1-17(9-11-5-3-2-4-6-11)14(18)16-8-13-7-12(15)10-19-13/h2-7,10H,8-9H2,1H3,(H,16,18). The Hall–Kier alpha value is -1.33. The molecule has 2 amide bonds. The van der Waals surface area contributed by atoms with E-state index in [-0.39, 0.29) is 6.03 Å². The van der Waals surface area contributed by atoms with Gasteiger partial charge in [-0.3, -0.25) is 0 Å². The maximum absolute atomic E-state index is 11.9. The van der Waals surface area contributed by atoms with Crippen LogP contribution in [0.5, 0.6) is 0 Å². The molecule has 0 bridgehead atoms. The Morgan fingerprint density at radius 2 is 2.11 bits per heavy atom. The predicted molar refractivity (Wildman–Crippen MR) is 82.2 cm³/mol. The van der Waals surface area contributed by atoms with Crippen LogP contribution in [0.25, 0.3) is 0 Å². The van der Waals surface area contributed by atoms with Gasteiger partial charge in [0.25, 0.3) is 0 Å². The molecule has 3 nitrogen and oxygen atoms in total. The maximum Gasteiger partial charge on any atom is 0.317 e. The number of thiophene rings is 1. The number of urea groups is 1. The van der Waals surface area contributed by atoms with Crippen molar-refractivity contribution < 1.29 is 4.79 Å². The van der Waals surface area contributed by atoms with E-state index in [1.54, 1.807) is 23.3 Å². The number of carbonyl (C=O) groups is 1. The van der Waals surface area contributed by atoms with Crippen LogP contribution >= 0.6 is 27.3 Å². The average Bonchev–Trinajstić information content (AvgIpc) is 2.83. The first-order valence-corrected chi connectivity index (χ1v) is 7.58. The first kappa shape index (κ1) is 14.1. The summed E-state index contributed by atoms with van der Waals surface area (Å²) in [4.78, 5) is 14.7. The molecule has 2 aromatic rings. The third kappa shape index (κ3) is 4.36. The molecule has 0 saturated heterocycles. The van der Waals surface area contributed by atoms with Crippen molar-refractivity contribution in [2.45, 2.75) is 13.1 Å². The molecule has 0 saturated carbocycles. The van der Waals surface area contributed by atoms with Gasteiger partial charge in [-0.2, -0.15) is 0 Å². The minimum absolute atomic E-state index is 0.0617. The number of amides is 2. The molecule has 0 aliphatic carbocycles. The number of nitrogens with zero attached hydrogens (tertiary/aromatic N) is 1. The maximum atomic E-state index is 11.9. The van der Waals surface area contributed by atoms with E-state index >= 15 is 0 Å². The molecule has 0 fully saturated rings. The Kier molecular flexibility index (Phi) is 4.99. The zero-order valence-corrected chi connectivity index (χ0v) is 13.0. The molecule has 0 spiro atoms. The highest BCUT2D eigenvalue weighted by molar-refractivity contribution is 9.10. The van der Waals surface area contributed by atoms with Gasteiger partial charge in [-0.25, -0.2) is 4.79 Å². The van der Waals surface area contributed by atoms with E-state index in [4.69, 9.17) is 0 Å². The Labute approximate surface area is 125 Å². The van der Waals surface area contributed by atoms with Gasteiger partial charge in [0.2, 0.25) is 0 Å². The van der Waals surface area contributed by atoms with E-state index in [1.165, 1.54) is 0 Å². The number of nitrogens with one attached hydrogen (secondary N) is 1. The number of hydrogen-bond donors (Lipinski definition) is 1. The first-order chi connectivity index (χ1) is 9.15. The van der Waals surface area contributed by atoms with E-state index in [1.807, 2.05) is 41.8 Å². The van der Waals surface area contributed by atoms with E-state index in [0.29, 0.717) is 13.1 Å². The highest BCUT2D eigenvalue weighted by Crippen LogP contribution is 2.19. The molecule has 0 atom stereocenters. The van der Waals surface area contributed by atoms with Crippen molar-refractivity contribution in [1.82, 2.24) is 10.2 Å². The van der Waals surface area contributed by atoms with Crippen molar-refractivity contribution in [3.8, 4) is 0 Å². The third-order valence-corrected chi connectivity index (χ3v) is 4.34. The highest BCUT2D eigenvalue weighted by atomic mass is 79.9. The summed E-state index contributed by atoms with van der Waals surface area (Å²) in [6.45, 7) is 1.18. The summed E-state index contributed by atoms with van der Waals surface area (Å²) in [5, 5.41) is 4.92. The van der Waals surface area contributed by atoms with Gasteiger partial charge in [-0.15, -0.1) is 11.3 Å². The summed E-state index contributed by atoms with van der Waals surface area (Å²) in [6, 6.07) is 11.9. The molecule has 5 heteroatoms. The lowest BCUT2D eigenvalue weighted by Crippen LogP contribution is -2.36. The average molecular weight is 339 g/mol. The molecule has 1 aromatic carbocycles. The van der Waals surface area contributed by atoms with Gasteiger partial charge in [-0.1, -0.05) is 30.3 Å². The van der Waals surface area contributed by atoms with Gasteiger partial charge >= 0.3 is 6.03 Å². The fourth-order valence-corrected chi connectivity index (χ4v) is 3.06. The Bertz CT molecular complexity index is 541. The second-order valence-corrected chi connectivity index (χ2v) is 6.14. The number of halogens is 1. The second-order valence-electron chi connectivity index (χ2n) is 4.23. The van der Waals surface area contributed by atoms with Crippen molar-refractivity contribution in [1.29, 1.82) is 0 Å². The van der Waals surface area contributed by atoms with Crippen LogP contribution in [0.3, 0.4) is 0 Å². The fourth-order valence-electron chi connectivity index (χ4n) is 1.67. The highest BCUT2D eigenvalue weighted by Gasteiger charge is 2.08. The molecular formula is C14H15BrN2OS. The van der Waals surface area contributed by atoms with Crippen LogP contribution in [-0.4, -0.2) is 18.0 Å². The molecule has 1 heterocycles. The number of hydrogen-bond acceptors (Lipinski definition) is 2. The van der Waals surface area contributed by atoms with Gasteiger partial charge in [0.15, 0.2) is 0 Å². The fraction of sp³-hybridized carbons (Fsp3) is 0.214. The van der Waals surface area contributed by atoms with Crippen LogP contribution in [0.15, 0.2) is 46.3 Å². The molecular weight excluding hydrogens is 324 g/mol. The Balaban J connectivity index is 1.82. The Morgan fingerprint density at radius 3 is 2.74 bits per heavy atom. The summed E-state index contributed by atoms with van der Waals surface area (Å²) in [5.74, 6) is 0. The van der Waals surface area contributed by atoms with E-state index < -0.39 is 0 Å². The largest absolute Gasteiger partial charge is 0.333 e. The van der Waals surface area contributed by atoms with Gasteiger partial charge in [0, 0.05) is 28.3 Å². The molecule has 100 valence electrons. The lowest BCUT2D eigenvalue weighted by atomic mass is 10.2. The van der Waals surface area contributed by atoms with Crippen molar-refractivity contribution in [2.75, 3.05) is 7.05 Å². The molecule has 0 unspecified atom stereocenters. The Morgan fingerprint density at radius 1 is 1.37 bits per heavy atom. The van der Waals surface area contributed by atoms with Crippen molar-refractivity contribution >= 4 is 33.3 Å². The minimum Gasteiger partial charge on any atom is -0.333 e. The quantitative estimate of drug-likeness (QED) is 0.902. The summed E-state index contributed by atoms with van der Waals surface area (Å²) >= 11 is 5.03. The molecule has 2 rings (SSSR count). The SMILES string of the molecule is CN(Cc1ccccc1)C(=O)NCc1cc(Br)cs1. The smallest absolute Gasteiger partial charge is 0.317 e. The zero-order valence-electron chi connectivity index (χ0n) is 10.6. The molecule has 1 N–H and O–H groups in total. The van der Waals surface area contributed by atoms with E-state index in [9.17, 15) is 4.79 Å². The second kappa shape index (κ2) is 6.73. The minimum atomic E-state index is -0.0617. The van der Waals surface area contributed by atoms with Crippen molar-refractivity contribution in [2.24, 2.45) is 0 Å². The van der Waals surface area contributed by atoms with Crippen molar-refractivity contribution in [3.05, 3.63) is 56.7 Å². The number of carbonyl (C=O) groups excluding carboxylic acids is 1. The number of rotatable bonds is 4. The topological polar surface area (TPSA) is 32.3 Å². The van der Waals surface area contributed by atoms with Crippen LogP contribution in [0.1, 0.15) is 10.4 Å². The van der Waals surface area contributed by atoms with Crippen LogP contribution in [0.2, 0.25) is 0 Å². The van der Waals surface area contributed by atoms with Gasteiger partial charge in [0.05, 0.1) is 6.54 Å². The van der Waals surface area contributed by atoms with Gasteiger partial charge in [0.1, 0.15) is 0 Å². The van der Waals surface area contributed by atoms with Gasteiger partial charge < -0.3 is 10.2 Å². The summed E-state index contributed by atoms with van der Waals surface area (Å²) in [7, 11) is 1.80. The first-order valence-electron chi connectivity index (χ1n) is 5.91. The summed E-state index contributed by atoms with van der Waals surface area (Å²) in [6.07, 6.45) is 0. The molecule has 0 radical (unpaired) electrons. The molecule has 19 heavy (non-hydrogen) atoms. The van der Waals surface area contributed by atoms with E-state index in [0.717, 1.165) is 14.9 Å². The molecule has 1 aromatic heterocycles. The van der Waals surface area contributed by atoms with Crippen LogP contribution in [-0.2, 0) is 13.1 Å². The monoisotopic (exact) mass is 338 g/mol. The zero-order chi connectivity index (χ0) is 13.7. The van der Waals surface area contributed by atoms with Crippen molar-refractivity contribution in [3.63, 3.8) is 0 Å². The third-order valence-electron chi connectivity index (χ3n) is 2.64. The predicted octanol–water partition coefficient (Wildman–Crippen LogP) is 3.85. The lowest BCUT2D eigenvalue weighted by Gasteiger charge is -2.17. The molecule has 0 aliphatic rings. The summed E-state index contributed by atoms with van der Waals surface area (Å²) in [5.41, 5.74) is 1.12. The van der Waals surface area contributed by atoms with Crippen LogP contribution in [0.4, 0.5) is 4.79 Å². The van der Waals surface area contributed by atoms with Crippen LogP contribution < -0.4 is 5.32 Å². The summed E-state index contributed by atoms with van der Waals surface area (Å²) < 4.78 is 1.05. The normalized spacial score (nSPS) is 10.2.